The maximum Gasteiger partial charge on any atom is 0.306 e. The van der Waals surface area contributed by atoms with Gasteiger partial charge in [0, 0.05) is 25.8 Å². The van der Waals surface area contributed by atoms with E-state index in [1.165, 1.54) is 109 Å². The molecule has 0 spiro atoms. The molecule has 1 unspecified atom stereocenters. The van der Waals surface area contributed by atoms with Gasteiger partial charge in [-0.25, -0.2) is 0 Å². The van der Waals surface area contributed by atoms with Gasteiger partial charge in [0.2, 0.25) is 0 Å². The van der Waals surface area contributed by atoms with E-state index < -0.39 is 0 Å². The molecule has 0 aliphatic heterocycles. The first-order valence-corrected chi connectivity index (χ1v) is 25.6. The van der Waals surface area contributed by atoms with E-state index in [2.05, 4.69) is 39.5 Å². The van der Waals surface area contributed by atoms with Crippen LogP contribution >= 0.6 is 0 Å². The van der Waals surface area contributed by atoms with E-state index >= 15 is 0 Å². The van der Waals surface area contributed by atoms with Gasteiger partial charge in [0.15, 0.2) is 0 Å². The standard InChI is InChI=1S/C51H99NO6/c1-6-10-13-16-19-28-35-44-56-49(53)39-31-24-20-26-33-41-52(43-45-57-51(55)46-47(5)36-9-4)42-34-27-21-25-32-40-50(54)58-48(37-29-22-17-14-11-7-2)38-30-23-18-15-12-8-3/h47-48H,6-46H2,1-5H3. The molecule has 58 heavy (non-hydrogen) atoms. The molecule has 1 atom stereocenters. The molecule has 7 heteroatoms. The maximum atomic E-state index is 12.8. The van der Waals surface area contributed by atoms with Crippen LogP contribution in [0.3, 0.4) is 0 Å². The molecular weight excluding hydrogens is 723 g/mol. The van der Waals surface area contributed by atoms with Gasteiger partial charge in [0.25, 0.3) is 0 Å². The van der Waals surface area contributed by atoms with Gasteiger partial charge in [-0.15, -0.1) is 0 Å². The van der Waals surface area contributed by atoms with Crippen molar-refractivity contribution in [1.29, 1.82) is 0 Å². The highest BCUT2D eigenvalue weighted by atomic mass is 16.5. The lowest BCUT2D eigenvalue weighted by Crippen LogP contribution is -2.30. The molecule has 0 saturated carbocycles. The summed E-state index contributed by atoms with van der Waals surface area (Å²) < 4.78 is 17.2. The number of hydrogen-bond acceptors (Lipinski definition) is 7. The lowest BCUT2D eigenvalue weighted by molar-refractivity contribution is -0.150. The van der Waals surface area contributed by atoms with E-state index in [4.69, 9.17) is 14.2 Å². The monoisotopic (exact) mass is 822 g/mol. The molecule has 0 heterocycles. The number of hydrogen-bond donors (Lipinski definition) is 0. The predicted octanol–water partition coefficient (Wildman–Crippen LogP) is 15.0. The maximum absolute atomic E-state index is 12.8. The second kappa shape index (κ2) is 44.9. The van der Waals surface area contributed by atoms with Crippen molar-refractivity contribution in [1.82, 2.24) is 4.90 Å². The average molecular weight is 822 g/mol. The fraction of sp³-hybridized carbons (Fsp3) is 0.941. The van der Waals surface area contributed by atoms with E-state index in [-0.39, 0.29) is 24.0 Å². The van der Waals surface area contributed by atoms with Gasteiger partial charge in [-0.05, 0) is 76.8 Å². The molecule has 0 aliphatic rings. The smallest absolute Gasteiger partial charge is 0.306 e. The van der Waals surface area contributed by atoms with Crippen LogP contribution in [0, 0.1) is 5.92 Å². The van der Waals surface area contributed by atoms with E-state index in [1.54, 1.807) is 0 Å². The van der Waals surface area contributed by atoms with Crippen LogP contribution in [0.2, 0.25) is 0 Å². The van der Waals surface area contributed by atoms with Crippen molar-refractivity contribution in [3.8, 4) is 0 Å². The minimum absolute atomic E-state index is 0.00510. The summed E-state index contributed by atoms with van der Waals surface area (Å²) in [7, 11) is 0. The number of rotatable bonds is 46. The van der Waals surface area contributed by atoms with Crippen molar-refractivity contribution in [2.45, 2.75) is 272 Å². The van der Waals surface area contributed by atoms with Gasteiger partial charge in [0.05, 0.1) is 6.61 Å². The molecule has 0 fully saturated rings. The van der Waals surface area contributed by atoms with E-state index in [1.807, 2.05) is 0 Å². The zero-order valence-electron chi connectivity index (χ0n) is 39.5. The first kappa shape index (κ1) is 56.4. The van der Waals surface area contributed by atoms with Crippen LogP contribution in [-0.2, 0) is 28.6 Å². The molecule has 0 aliphatic carbocycles. The first-order chi connectivity index (χ1) is 28.4. The van der Waals surface area contributed by atoms with Crippen LogP contribution in [-0.4, -0.2) is 61.8 Å². The van der Waals surface area contributed by atoms with Crippen LogP contribution in [0.4, 0.5) is 0 Å². The van der Waals surface area contributed by atoms with Crippen LogP contribution in [0.1, 0.15) is 266 Å². The Morgan fingerprint density at radius 3 is 1.31 bits per heavy atom. The van der Waals surface area contributed by atoms with Crippen LogP contribution in [0.15, 0.2) is 0 Å². The van der Waals surface area contributed by atoms with Crippen molar-refractivity contribution in [2.24, 2.45) is 5.92 Å². The van der Waals surface area contributed by atoms with E-state index in [9.17, 15) is 14.4 Å². The summed E-state index contributed by atoms with van der Waals surface area (Å²) in [5.41, 5.74) is 0. The fourth-order valence-corrected chi connectivity index (χ4v) is 7.96. The summed E-state index contributed by atoms with van der Waals surface area (Å²) in [6, 6.07) is 0. The number of nitrogens with zero attached hydrogens (tertiary/aromatic N) is 1. The highest BCUT2D eigenvalue weighted by Crippen LogP contribution is 2.19. The van der Waals surface area contributed by atoms with Gasteiger partial charge in [-0.2, -0.15) is 0 Å². The minimum atomic E-state index is -0.0727. The highest BCUT2D eigenvalue weighted by molar-refractivity contribution is 5.70. The van der Waals surface area contributed by atoms with Crippen molar-refractivity contribution >= 4 is 17.9 Å². The Hall–Kier alpha value is -1.63. The van der Waals surface area contributed by atoms with Gasteiger partial charge in [-0.1, -0.05) is 189 Å². The fourth-order valence-electron chi connectivity index (χ4n) is 7.96. The van der Waals surface area contributed by atoms with Crippen molar-refractivity contribution < 1.29 is 28.6 Å². The third kappa shape index (κ3) is 41.1. The number of carbonyl (C=O) groups is 3. The highest BCUT2D eigenvalue weighted by Gasteiger charge is 2.15. The Balaban J connectivity index is 4.46. The zero-order valence-corrected chi connectivity index (χ0v) is 39.5. The van der Waals surface area contributed by atoms with Gasteiger partial charge >= 0.3 is 17.9 Å². The molecule has 0 saturated heterocycles. The van der Waals surface area contributed by atoms with Crippen LogP contribution in [0.25, 0.3) is 0 Å². The molecule has 0 bridgehead atoms. The summed E-state index contributed by atoms with van der Waals surface area (Å²) in [4.78, 5) is 39.8. The number of ether oxygens (including phenoxy) is 3. The number of esters is 3. The van der Waals surface area contributed by atoms with E-state index in [0.717, 1.165) is 122 Å². The summed E-state index contributed by atoms with van der Waals surface area (Å²) in [6.07, 6.45) is 40.5. The summed E-state index contributed by atoms with van der Waals surface area (Å²) in [6.45, 7) is 14.9. The van der Waals surface area contributed by atoms with Crippen molar-refractivity contribution in [2.75, 3.05) is 32.8 Å². The first-order valence-electron chi connectivity index (χ1n) is 25.6. The summed E-state index contributed by atoms with van der Waals surface area (Å²) in [5, 5.41) is 0. The van der Waals surface area contributed by atoms with Gasteiger partial charge in [-0.3, -0.25) is 19.3 Å². The Kier molecular flexibility index (Phi) is 43.6. The van der Waals surface area contributed by atoms with Gasteiger partial charge < -0.3 is 14.2 Å². The molecule has 0 aromatic heterocycles. The quantitative estimate of drug-likeness (QED) is 0.0343. The lowest BCUT2D eigenvalue weighted by atomic mass is 10.0. The van der Waals surface area contributed by atoms with Crippen molar-refractivity contribution in [3.63, 3.8) is 0 Å². The second-order valence-corrected chi connectivity index (χ2v) is 17.8. The Morgan fingerprint density at radius 1 is 0.397 bits per heavy atom. The third-order valence-corrected chi connectivity index (χ3v) is 11.7. The number of carbonyl (C=O) groups excluding carboxylic acids is 3. The Bertz CT molecular complexity index is 880. The molecule has 0 amide bonds. The molecule has 0 radical (unpaired) electrons. The molecule has 344 valence electrons. The number of unbranched alkanes of at least 4 members (excludes halogenated alkanes) is 24. The summed E-state index contributed by atoms with van der Waals surface area (Å²) >= 11 is 0. The molecule has 7 nitrogen and oxygen atoms in total. The van der Waals surface area contributed by atoms with Gasteiger partial charge in [0.1, 0.15) is 12.7 Å². The lowest BCUT2D eigenvalue weighted by Gasteiger charge is -2.22. The molecule has 0 aromatic rings. The second-order valence-electron chi connectivity index (χ2n) is 17.8. The molecule has 0 aromatic carbocycles. The largest absolute Gasteiger partial charge is 0.466 e. The third-order valence-electron chi connectivity index (χ3n) is 11.7. The van der Waals surface area contributed by atoms with E-state index in [0.29, 0.717) is 38.4 Å². The average Bonchev–Trinajstić information content (AvgIpc) is 3.20. The predicted molar refractivity (Wildman–Crippen MR) is 246 cm³/mol. The molecule has 0 rings (SSSR count). The molecular formula is C51H99NO6. The Morgan fingerprint density at radius 2 is 0.810 bits per heavy atom. The van der Waals surface area contributed by atoms with Crippen LogP contribution < -0.4 is 0 Å². The summed E-state index contributed by atoms with van der Waals surface area (Å²) in [5.74, 6) is 0.267. The normalized spacial score (nSPS) is 12.1. The minimum Gasteiger partial charge on any atom is -0.466 e. The Labute approximate surface area is 361 Å². The van der Waals surface area contributed by atoms with Crippen LogP contribution in [0.5, 0.6) is 0 Å². The van der Waals surface area contributed by atoms with Crippen molar-refractivity contribution in [3.05, 3.63) is 0 Å². The molecule has 0 N–H and O–H groups in total. The SMILES string of the molecule is CCCCCCCCCOC(=O)CCCCCCCN(CCCCCCCC(=O)OC(CCCCCCCC)CCCCCCCC)CCOC(=O)CC(C)CCC. The zero-order chi connectivity index (χ0) is 42.6. The topological polar surface area (TPSA) is 82.1 Å².